The summed E-state index contributed by atoms with van der Waals surface area (Å²) in [6.07, 6.45) is 8.51. The molecule has 1 aliphatic heterocycles. The molecule has 5 aliphatic rings. The molecule has 0 aromatic heterocycles. The number of allylic oxidation sites excluding steroid dienone is 1. The molecule has 0 amide bonds. The zero-order valence-corrected chi connectivity index (χ0v) is 17.4. The minimum Gasteiger partial charge on any atom is -0.462 e. The quantitative estimate of drug-likeness (QED) is 0.547. The zero-order chi connectivity index (χ0) is 19.7. The Morgan fingerprint density at radius 3 is 2.68 bits per heavy atom. The summed E-state index contributed by atoms with van der Waals surface area (Å²) in [6, 6.07) is 0. The number of rotatable bonds is 1. The van der Waals surface area contributed by atoms with Gasteiger partial charge in [-0.3, -0.25) is 4.79 Å². The highest BCUT2D eigenvalue weighted by Crippen LogP contribution is 2.69. The molecule has 0 radical (unpaired) electrons. The Bertz CT molecular complexity index is 695. The standard InChI is InChI=1S/C23H34O5/c1-14(24)28-19-13-22(3)18(7-9-23(22)26-10-11-27-23)17-5-4-15-12-16(25)6-8-21(15,2)20(17)19/h4,16-20,25H,5-13H2,1-3H3/t16-,17?,18?,19-,20?,21-,22-/m0/s1. The average molecular weight is 391 g/mol. The van der Waals surface area contributed by atoms with E-state index in [1.807, 2.05) is 0 Å². The number of ether oxygens (including phenoxy) is 3. The summed E-state index contributed by atoms with van der Waals surface area (Å²) in [7, 11) is 0. The normalized spacial score (nSPS) is 49.1. The molecule has 1 spiro atoms. The van der Waals surface area contributed by atoms with Gasteiger partial charge in [0, 0.05) is 24.7 Å². The van der Waals surface area contributed by atoms with E-state index in [-0.39, 0.29) is 29.0 Å². The lowest BCUT2D eigenvalue weighted by atomic mass is 9.46. The van der Waals surface area contributed by atoms with Gasteiger partial charge in [-0.15, -0.1) is 0 Å². The number of carbonyl (C=O) groups excluding carboxylic acids is 1. The maximum Gasteiger partial charge on any atom is 0.302 e. The highest BCUT2D eigenvalue weighted by atomic mass is 16.7. The minimum atomic E-state index is -0.505. The van der Waals surface area contributed by atoms with E-state index in [4.69, 9.17) is 14.2 Å². The second-order valence-corrected chi connectivity index (χ2v) is 10.3. The lowest BCUT2D eigenvalue weighted by Crippen LogP contribution is -2.60. The van der Waals surface area contributed by atoms with Crippen LogP contribution in [0.15, 0.2) is 11.6 Å². The van der Waals surface area contributed by atoms with Gasteiger partial charge in [-0.05, 0) is 55.8 Å². The van der Waals surface area contributed by atoms with E-state index in [0.29, 0.717) is 31.0 Å². The van der Waals surface area contributed by atoms with E-state index in [2.05, 4.69) is 19.9 Å². The average Bonchev–Trinajstić information content (AvgIpc) is 3.21. The second-order valence-electron chi connectivity index (χ2n) is 10.3. The summed E-state index contributed by atoms with van der Waals surface area (Å²) in [5, 5.41) is 10.2. The summed E-state index contributed by atoms with van der Waals surface area (Å²) in [4.78, 5) is 12.1. The van der Waals surface area contributed by atoms with Crippen molar-refractivity contribution in [2.75, 3.05) is 13.2 Å². The van der Waals surface area contributed by atoms with E-state index in [9.17, 15) is 9.90 Å². The largest absolute Gasteiger partial charge is 0.462 e. The van der Waals surface area contributed by atoms with Crippen molar-refractivity contribution in [2.45, 2.75) is 83.7 Å². The lowest BCUT2D eigenvalue weighted by Gasteiger charge is -2.60. The predicted molar refractivity (Wildman–Crippen MR) is 103 cm³/mol. The van der Waals surface area contributed by atoms with E-state index in [1.165, 1.54) is 12.5 Å². The van der Waals surface area contributed by atoms with Gasteiger partial charge in [-0.25, -0.2) is 0 Å². The van der Waals surface area contributed by atoms with Crippen molar-refractivity contribution in [3.63, 3.8) is 0 Å². The number of aliphatic hydroxyl groups is 1. The van der Waals surface area contributed by atoms with Crippen molar-refractivity contribution in [2.24, 2.45) is 28.6 Å². The number of fused-ring (bicyclic) bond motifs is 6. The Kier molecular flexibility index (Phi) is 4.29. The summed E-state index contributed by atoms with van der Waals surface area (Å²) in [5.74, 6) is 0.609. The molecular formula is C23H34O5. The third-order valence-corrected chi connectivity index (χ3v) is 9.11. The van der Waals surface area contributed by atoms with Gasteiger partial charge in [0.2, 0.25) is 0 Å². The molecule has 0 aromatic rings. The van der Waals surface area contributed by atoms with Crippen LogP contribution in [0.3, 0.4) is 0 Å². The molecule has 4 aliphatic carbocycles. The van der Waals surface area contributed by atoms with Crippen LogP contribution in [-0.4, -0.2) is 42.3 Å². The highest BCUT2D eigenvalue weighted by molar-refractivity contribution is 5.66. The first kappa shape index (κ1) is 19.1. The van der Waals surface area contributed by atoms with Gasteiger partial charge in [0.05, 0.1) is 19.3 Å². The molecule has 0 bridgehead atoms. The van der Waals surface area contributed by atoms with E-state index >= 15 is 0 Å². The van der Waals surface area contributed by atoms with Crippen molar-refractivity contribution in [1.82, 2.24) is 0 Å². The molecule has 156 valence electrons. The fourth-order valence-corrected chi connectivity index (χ4v) is 7.94. The molecule has 0 aromatic carbocycles. The van der Waals surface area contributed by atoms with Crippen LogP contribution in [0.5, 0.6) is 0 Å². The third-order valence-electron chi connectivity index (χ3n) is 9.11. The predicted octanol–water partition coefficient (Wildman–Crippen LogP) is 3.59. The maximum atomic E-state index is 12.1. The molecule has 4 fully saturated rings. The SMILES string of the molecule is CC(=O)O[C@H]1C[C@@]2(C)C(CCC23OCCO3)C2CC=C3C[C@@H](O)CC[C@]3(C)C21. The van der Waals surface area contributed by atoms with E-state index < -0.39 is 5.79 Å². The van der Waals surface area contributed by atoms with Crippen LogP contribution < -0.4 is 0 Å². The second kappa shape index (κ2) is 6.29. The van der Waals surface area contributed by atoms with Crippen LogP contribution in [0.1, 0.15) is 65.7 Å². The Morgan fingerprint density at radius 1 is 1.21 bits per heavy atom. The lowest BCUT2D eigenvalue weighted by molar-refractivity contribution is -0.258. The highest BCUT2D eigenvalue weighted by Gasteiger charge is 2.69. The summed E-state index contributed by atoms with van der Waals surface area (Å²) < 4.78 is 18.5. The van der Waals surface area contributed by atoms with Crippen LogP contribution in [0.2, 0.25) is 0 Å². The maximum absolute atomic E-state index is 12.1. The van der Waals surface area contributed by atoms with Crippen LogP contribution in [0.4, 0.5) is 0 Å². The Labute approximate surface area is 167 Å². The van der Waals surface area contributed by atoms with Gasteiger partial charge in [0.25, 0.3) is 0 Å². The Morgan fingerprint density at radius 2 is 1.96 bits per heavy atom. The number of esters is 1. The minimum absolute atomic E-state index is 0.0107. The van der Waals surface area contributed by atoms with Gasteiger partial charge in [0.1, 0.15) is 6.10 Å². The van der Waals surface area contributed by atoms with Crippen molar-refractivity contribution in [3.8, 4) is 0 Å². The first-order chi connectivity index (χ1) is 13.3. The Balaban J connectivity index is 1.57. The summed E-state index contributed by atoms with van der Waals surface area (Å²) in [5.41, 5.74) is 1.27. The van der Waals surface area contributed by atoms with Gasteiger partial charge in [-0.1, -0.05) is 25.5 Å². The fraction of sp³-hybridized carbons (Fsp3) is 0.870. The van der Waals surface area contributed by atoms with Gasteiger partial charge >= 0.3 is 5.97 Å². The molecule has 1 heterocycles. The van der Waals surface area contributed by atoms with Gasteiger partial charge < -0.3 is 19.3 Å². The molecule has 28 heavy (non-hydrogen) atoms. The number of hydrogen-bond donors (Lipinski definition) is 1. The van der Waals surface area contributed by atoms with Crippen molar-refractivity contribution in [3.05, 3.63) is 11.6 Å². The molecule has 3 saturated carbocycles. The molecule has 7 atom stereocenters. The molecule has 3 unspecified atom stereocenters. The molecule has 5 rings (SSSR count). The van der Waals surface area contributed by atoms with Crippen molar-refractivity contribution in [1.29, 1.82) is 0 Å². The zero-order valence-electron chi connectivity index (χ0n) is 17.4. The van der Waals surface area contributed by atoms with Crippen LogP contribution in [-0.2, 0) is 19.0 Å². The van der Waals surface area contributed by atoms with E-state index in [1.54, 1.807) is 0 Å². The van der Waals surface area contributed by atoms with Crippen LogP contribution in [0, 0.1) is 28.6 Å². The van der Waals surface area contributed by atoms with Gasteiger partial charge in [-0.2, -0.15) is 0 Å². The Hall–Kier alpha value is -0.910. The third kappa shape index (κ3) is 2.45. The van der Waals surface area contributed by atoms with Crippen molar-refractivity contribution >= 4 is 5.97 Å². The number of hydrogen-bond acceptors (Lipinski definition) is 5. The molecular weight excluding hydrogens is 356 g/mol. The molecule has 1 N–H and O–H groups in total. The van der Waals surface area contributed by atoms with Gasteiger partial charge in [0.15, 0.2) is 5.79 Å². The molecule has 5 nitrogen and oxygen atoms in total. The smallest absolute Gasteiger partial charge is 0.302 e. The number of carbonyl (C=O) groups is 1. The van der Waals surface area contributed by atoms with Crippen molar-refractivity contribution < 1.29 is 24.1 Å². The topological polar surface area (TPSA) is 65.0 Å². The van der Waals surface area contributed by atoms with Crippen LogP contribution >= 0.6 is 0 Å². The van der Waals surface area contributed by atoms with E-state index in [0.717, 1.165) is 44.9 Å². The number of aliphatic hydroxyl groups excluding tert-OH is 1. The first-order valence-electron chi connectivity index (χ1n) is 11.1. The molecule has 5 heteroatoms. The summed E-state index contributed by atoms with van der Waals surface area (Å²) in [6.45, 7) is 7.52. The fourth-order valence-electron chi connectivity index (χ4n) is 7.94. The summed E-state index contributed by atoms with van der Waals surface area (Å²) >= 11 is 0. The van der Waals surface area contributed by atoms with Crippen LogP contribution in [0.25, 0.3) is 0 Å². The first-order valence-corrected chi connectivity index (χ1v) is 11.1. The monoisotopic (exact) mass is 390 g/mol. The molecule has 1 saturated heterocycles.